The summed E-state index contributed by atoms with van der Waals surface area (Å²) in [5.74, 6) is 0. The zero-order chi connectivity index (χ0) is 15.5. The third kappa shape index (κ3) is 5.54. The van der Waals surface area contributed by atoms with Crippen LogP contribution < -0.4 is 5.32 Å². The molecule has 124 valence electrons. The Kier molecular flexibility index (Phi) is 5.72. The zero-order valence-electron chi connectivity index (χ0n) is 14.6. The number of nitrogens with one attached hydrogen (secondary N) is 1. The maximum absolute atomic E-state index is 9.66. The van der Waals surface area contributed by atoms with Gasteiger partial charge in [0.15, 0.2) is 0 Å². The largest absolute Gasteiger partial charge is 0.394 e. The number of nitrogens with zero attached hydrogens (tertiary/aromatic N) is 1. The van der Waals surface area contributed by atoms with E-state index < -0.39 is 0 Å². The summed E-state index contributed by atoms with van der Waals surface area (Å²) in [5, 5.41) is 13.3. The molecule has 0 heterocycles. The molecule has 2 saturated carbocycles. The third-order valence-corrected chi connectivity index (χ3v) is 5.65. The summed E-state index contributed by atoms with van der Waals surface area (Å²) < 4.78 is 0. The van der Waals surface area contributed by atoms with Crippen LogP contribution in [0.3, 0.4) is 0 Å². The van der Waals surface area contributed by atoms with Crippen molar-refractivity contribution in [2.75, 3.05) is 20.2 Å². The molecule has 2 fully saturated rings. The number of hydrogen-bond acceptors (Lipinski definition) is 3. The van der Waals surface area contributed by atoms with Gasteiger partial charge in [-0.25, -0.2) is 0 Å². The van der Waals surface area contributed by atoms with Gasteiger partial charge in [0.1, 0.15) is 0 Å². The summed E-state index contributed by atoms with van der Waals surface area (Å²) in [6, 6.07) is 1.44. The van der Waals surface area contributed by atoms with Crippen LogP contribution in [0.4, 0.5) is 0 Å². The summed E-state index contributed by atoms with van der Waals surface area (Å²) in [6.45, 7) is 8.39. The topological polar surface area (TPSA) is 35.5 Å². The molecule has 0 aromatic carbocycles. The molecule has 0 aromatic rings. The van der Waals surface area contributed by atoms with E-state index in [1.165, 1.54) is 44.9 Å². The van der Waals surface area contributed by atoms with Crippen LogP contribution in [0.1, 0.15) is 72.1 Å². The Bertz CT molecular complexity index is 317. The standard InChI is InChI=1S/C18H36N2O/c1-17(2)11-8-16(9-12-17)20(4)13-5-10-18(3,14-21)19-15-6-7-15/h15-16,19,21H,5-14H2,1-4H3. The van der Waals surface area contributed by atoms with Crippen LogP contribution in [0.5, 0.6) is 0 Å². The van der Waals surface area contributed by atoms with Crippen molar-refractivity contribution in [2.45, 2.75) is 89.8 Å². The van der Waals surface area contributed by atoms with Gasteiger partial charge in [-0.3, -0.25) is 0 Å². The normalized spacial score (nSPS) is 26.0. The Balaban J connectivity index is 1.67. The minimum atomic E-state index is -0.0729. The van der Waals surface area contributed by atoms with Crippen LogP contribution >= 0.6 is 0 Å². The highest BCUT2D eigenvalue weighted by Gasteiger charge is 2.32. The molecule has 21 heavy (non-hydrogen) atoms. The molecule has 2 rings (SSSR count). The lowest BCUT2D eigenvalue weighted by Gasteiger charge is -2.39. The van der Waals surface area contributed by atoms with Gasteiger partial charge in [0, 0.05) is 17.6 Å². The molecule has 0 bridgehead atoms. The molecule has 3 heteroatoms. The quantitative estimate of drug-likeness (QED) is 0.722. The van der Waals surface area contributed by atoms with Gasteiger partial charge in [-0.1, -0.05) is 13.8 Å². The minimum absolute atomic E-state index is 0.0729. The Hall–Kier alpha value is -0.120. The average Bonchev–Trinajstić information content (AvgIpc) is 3.22. The van der Waals surface area contributed by atoms with Gasteiger partial charge >= 0.3 is 0 Å². The lowest BCUT2D eigenvalue weighted by Crippen LogP contribution is -2.47. The van der Waals surface area contributed by atoms with E-state index in [0.717, 1.165) is 19.0 Å². The van der Waals surface area contributed by atoms with E-state index in [4.69, 9.17) is 0 Å². The van der Waals surface area contributed by atoms with E-state index in [1.807, 2.05) is 0 Å². The molecule has 2 aliphatic rings. The first-order valence-electron chi connectivity index (χ1n) is 8.92. The Morgan fingerprint density at radius 3 is 2.33 bits per heavy atom. The number of hydrogen-bond donors (Lipinski definition) is 2. The SMILES string of the molecule is CN(CCCC(C)(CO)NC1CC1)C1CCC(C)(C)CC1. The maximum Gasteiger partial charge on any atom is 0.0610 e. The van der Waals surface area contributed by atoms with E-state index in [2.05, 4.69) is 38.0 Å². The van der Waals surface area contributed by atoms with E-state index in [9.17, 15) is 5.11 Å². The average molecular weight is 296 g/mol. The smallest absolute Gasteiger partial charge is 0.0610 e. The molecule has 1 unspecified atom stereocenters. The minimum Gasteiger partial charge on any atom is -0.394 e. The summed E-state index contributed by atoms with van der Waals surface area (Å²) in [4.78, 5) is 2.56. The van der Waals surface area contributed by atoms with Gasteiger partial charge < -0.3 is 15.3 Å². The third-order valence-electron chi connectivity index (χ3n) is 5.65. The maximum atomic E-state index is 9.66. The van der Waals surface area contributed by atoms with Crippen molar-refractivity contribution in [3.63, 3.8) is 0 Å². The van der Waals surface area contributed by atoms with Crippen LogP contribution in [0, 0.1) is 5.41 Å². The molecular weight excluding hydrogens is 260 g/mol. The van der Waals surface area contributed by atoms with Gasteiger partial charge in [0.25, 0.3) is 0 Å². The van der Waals surface area contributed by atoms with Crippen LogP contribution in [-0.4, -0.2) is 47.8 Å². The van der Waals surface area contributed by atoms with Crippen molar-refractivity contribution in [3.05, 3.63) is 0 Å². The van der Waals surface area contributed by atoms with Crippen LogP contribution in [0.15, 0.2) is 0 Å². The van der Waals surface area contributed by atoms with E-state index >= 15 is 0 Å². The summed E-state index contributed by atoms with van der Waals surface area (Å²) in [5.41, 5.74) is 0.484. The molecule has 0 amide bonds. The first-order chi connectivity index (χ1) is 9.84. The highest BCUT2D eigenvalue weighted by atomic mass is 16.3. The van der Waals surface area contributed by atoms with Gasteiger partial charge in [0.05, 0.1) is 6.61 Å². The monoisotopic (exact) mass is 296 g/mol. The predicted octanol–water partition coefficient (Wildman–Crippen LogP) is 3.17. The van der Waals surface area contributed by atoms with Crippen LogP contribution in [-0.2, 0) is 0 Å². The fraction of sp³-hybridized carbons (Fsp3) is 1.00. The first-order valence-corrected chi connectivity index (χ1v) is 8.92. The zero-order valence-corrected chi connectivity index (χ0v) is 14.6. The molecule has 0 saturated heterocycles. The fourth-order valence-electron chi connectivity index (χ4n) is 3.64. The Morgan fingerprint density at radius 2 is 1.81 bits per heavy atom. The lowest BCUT2D eigenvalue weighted by molar-refractivity contribution is 0.117. The second kappa shape index (κ2) is 6.97. The predicted molar refractivity (Wildman–Crippen MR) is 89.5 cm³/mol. The van der Waals surface area contributed by atoms with E-state index in [-0.39, 0.29) is 12.1 Å². The van der Waals surface area contributed by atoms with Crippen molar-refractivity contribution in [3.8, 4) is 0 Å². The lowest BCUT2D eigenvalue weighted by atomic mass is 9.75. The molecule has 3 nitrogen and oxygen atoms in total. The summed E-state index contributed by atoms with van der Waals surface area (Å²) >= 11 is 0. The highest BCUT2D eigenvalue weighted by Crippen LogP contribution is 2.36. The second-order valence-corrected chi connectivity index (χ2v) is 8.62. The van der Waals surface area contributed by atoms with Crippen molar-refractivity contribution in [1.29, 1.82) is 0 Å². The molecule has 2 N–H and O–H groups in total. The Morgan fingerprint density at radius 1 is 1.19 bits per heavy atom. The fourth-order valence-corrected chi connectivity index (χ4v) is 3.64. The van der Waals surface area contributed by atoms with Gasteiger partial charge in [-0.2, -0.15) is 0 Å². The molecule has 0 aliphatic heterocycles. The van der Waals surface area contributed by atoms with Crippen LogP contribution in [0.2, 0.25) is 0 Å². The van der Waals surface area contributed by atoms with Gasteiger partial charge in [0.2, 0.25) is 0 Å². The van der Waals surface area contributed by atoms with Crippen molar-refractivity contribution in [1.82, 2.24) is 10.2 Å². The molecule has 1 atom stereocenters. The molecule has 0 aromatic heterocycles. The van der Waals surface area contributed by atoms with Crippen molar-refractivity contribution < 1.29 is 5.11 Å². The summed E-state index contributed by atoms with van der Waals surface area (Å²) in [7, 11) is 2.29. The number of aliphatic hydroxyl groups is 1. The Labute approximate surface area is 131 Å². The first kappa shape index (κ1) is 17.2. The molecule has 2 aliphatic carbocycles. The van der Waals surface area contributed by atoms with Crippen molar-refractivity contribution >= 4 is 0 Å². The second-order valence-electron chi connectivity index (χ2n) is 8.62. The number of rotatable bonds is 8. The molecular formula is C18H36N2O. The van der Waals surface area contributed by atoms with Gasteiger partial charge in [-0.05, 0) is 77.3 Å². The molecule has 0 spiro atoms. The van der Waals surface area contributed by atoms with Crippen LogP contribution in [0.25, 0.3) is 0 Å². The highest BCUT2D eigenvalue weighted by molar-refractivity contribution is 4.92. The van der Waals surface area contributed by atoms with Crippen molar-refractivity contribution in [2.24, 2.45) is 5.41 Å². The molecule has 0 radical (unpaired) electrons. The van der Waals surface area contributed by atoms with Gasteiger partial charge in [-0.15, -0.1) is 0 Å². The number of aliphatic hydroxyl groups excluding tert-OH is 1. The van der Waals surface area contributed by atoms with E-state index in [0.29, 0.717) is 11.5 Å². The van der Waals surface area contributed by atoms with E-state index in [1.54, 1.807) is 0 Å². The summed E-state index contributed by atoms with van der Waals surface area (Å²) in [6.07, 6.45) is 10.2.